The number of ketones is 1. The first kappa shape index (κ1) is 14.8. The summed E-state index contributed by atoms with van der Waals surface area (Å²) in [6, 6.07) is 7.80. The van der Waals surface area contributed by atoms with Crippen LogP contribution in [0.4, 0.5) is 5.69 Å². The van der Waals surface area contributed by atoms with E-state index in [9.17, 15) is 14.9 Å². The minimum Gasteiger partial charge on any atom is -0.478 e. The fourth-order valence-electron chi connectivity index (χ4n) is 2.09. The number of para-hydroxylation sites is 2. The lowest BCUT2D eigenvalue weighted by Crippen LogP contribution is -2.13. The van der Waals surface area contributed by atoms with Gasteiger partial charge in [-0.3, -0.25) is 14.9 Å². The maximum atomic E-state index is 12.2. The van der Waals surface area contributed by atoms with Gasteiger partial charge in [-0.05, 0) is 26.0 Å². The first-order valence-corrected chi connectivity index (χ1v) is 6.44. The lowest BCUT2D eigenvalue weighted by molar-refractivity contribution is -0.385. The van der Waals surface area contributed by atoms with E-state index in [2.05, 4.69) is 0 Å². The van der Waals surface area contributed by atoms with Crippen molar-refractivity contribution in [3.8, 4) is 5.75 Å². The molecule has 2 aromatic rings. The van der Waals surface area contributed by atoms with Crippen molar-refractivity contribution in [1.29, 1.82) is 0 Å². The minimum absolute atomic E-state index is 0.0983. The first-order valence-electron chi connectivity index (χ1n) is 6.44. The van der Waals surface area contributed by atoms with Crippen molar-refractivity contribution < 1.29 is 14.5 Å². The van der Waals surface area contributed by atoms with Crippen LogP contribution in [0.15, 0.2) is 30.3 Å². The smallest absolute Gasteiger partial charge is 0.310 e. The van der Waals surface area contributed by atoms with E-state index in [1.807, 2.05) is 25.5 Å². The Labute approximate surface area is 122 Å². The van der Waals surface area contributed by atoms with Crippen molar-refractivity contribution in [2.75, 3.05) is 6.61 Å². The molecule has 6 heteroatoms. The molecular formula is C15H16N2O4. The molecule has 0 aliphatic rings. The van der Waals surface area contributed by atoms with Gasteiger partial charge in [-0.1, -0.05) is 12.1 Å². The zero-order valence-electron chi connectivity index (χ0n) is 12.1. The van der Waals surface area contributed by atoms with Gasteiger partial charge in [-0.25, -0.2) is 0 Å². The summed E-state index contributed by atoms with van der Waals surface area (Å²) in [5.74, 6) is -0.101. The summed E-state index contributed by atoms with van der Waals surface area (Å²) >= 11 is 0. The van der Waals surface area contributed by atoms with E-state index in [4.69, 9.17) is 4.74 Å². The molecule has 0 aliphatic heterocycles. The highest BCUT2D eigenvalue weighted by Crippen LogP contribution is 2.26. The molecule has 2 rings (SSSR count). The number of carbonyl (C=O) groups is 1. The highest BCUT2D eigenvalue weighted by atomic mass is 16.6. The van der Waals surface area contributed by atoms with E-state index in [0.717, 1.165) is 11.4 Å². The first-order chi connectivity index (χ1) is 9.91. The number of carbonyl (C=O) groups excluding carboxylic acids is 1. The number of nitro groups is 1. The van der Waals surface area contributed by atoms with E-state index in [1.54, 1.807) is 18.2 Å². The van der Waals surface area contributed by atoms with Crippen molar-refractivity contribution in [3.63, 3.8) is 0 Å². The number of hydrogen-bond donors (Lipinski definition) is 0. The quantitative estimate of drug-likeness (QED) is 0.481. The number of nitro benzene ring substituents is 1. The Morgan fingerprint density at radius 2 is 2.00 bits per heavy atom. The second-order valence-electron chi connectivity index (χ2n) is 4.78. The molecule has 0 N–H and O–H groups in total. The molecule has 1 aromatic heterocycles. The van der Waals surface area contributed by atoms with Crippen molar-refractivity contribution in [3.05, 3.63) is 57.4 Å². The summed E-state index contributed by atoms with van der Waals surface area (Å²) in [6.07, 6.45) is 0. The second-order valence-corrected chi connectivity index (χ2v) is 4.78. The maximum Gasteiger partial charge on any atom is 0.310 e. The van der Waals surface area contributed by atoms with Crippen molar-refractivity contribution in [2.24, 2.45) is 7.05 Å². The molecule has 1 heterocycles. The Kier molecular flexibility index (Phi) is 4.07. The SMILES string of the molecule is Cc1cc(C(=O)COc2ccccc2[N+](=O)[O-])c(C)n1C. The number of benzene rings is 1. The lowest BCUT2D eigenvalue weighted by atomic mass is 10.1. The highest BCUT2D eigenvalue weighted by molar-refractivity contribution is 5.98. The highest BCUT2D eigenvalue weighted by Gasteiger charge is 2.18. The van der Waals surface area contributed by atoms with Crippen LogP contribution in [0.5, 0.6) is 5.75 Å². The molecule has 21 heavy (non-hydrogen) atoms. The molecule has 0 spiro atoms. The van der Waals surface area contributed by atoms with Crippen LogP contribution in [0.2, 0.25) is 0 Å². The van der Waals surface area contributed by atoms with Crippen molar-refractivity contribution in [1.82, 2.24) is 4.57 Å². The summed E-state index contributed by atoms with van der Waals surface area (Å²) in [4.78, 5) is 22.5. The van der Waals surface area contributed by atoms with Crippen molar-refractivity contribution in [2.45, 2.75) is 13.8 Å². The molecule has 1 aromatic carbocycles. The predicted molar refractivity (Wildman–Crippen MR) is 77.8 cm³/mol. The largest absolute Gasteiger partial charge is 0.478 e. The molecule has 110 valence electrons. The van der Waals surface area contributed by atoms with Gasteiger partial charge in [0, 0.05) is 30.1 Å². The molecule has 0 fully saturated rings. The number of hydrogen-bond acceptors (Lipinski definition) is 4. The predicted octanol–water partition coefficient (Wildman–Crippen LogP) is 2.81. The molecule has 0 radical (unpaired) electrons. The van der Waals surface area contributed by atoms with Gasteiger partial charge in [-0.2, -0.15) is 0 Å². The van der Waals surface area contributed by atoms with Crippen LogP contribution in [-0.4, -0.2) is 21.9 Å². The Hall–Kier alpha value is -2.63. The standard InChI is InChI=1S/C15H16N2O4/c1-10-8-12(11(2)16(10)3)14(18)9-21-15-7-5-4-6-13(15)17(19)20/h4-8H,9H2,1-3H3. The van der Waals surface area contributed by atoms with Gasteiger partial charge < -0.3 is 9.30 Å². The van der Waals surface area contributed by atoms with Gasteiger partial charge in [0.25, 0.3) is 0 Å². The number of rotatable bonds is 5. The van der Waals surface area contributed by atoms with Crippen LogP contribution in [0.25, 0.3) is 0 Å². The second kappa shape index (κ2) is 5.78. The monoisotopic (exact) mass is 288 g/mol. The van der Waals surface area contributed by atoms with Crippen LogP contribution >= 0.6 is 0 Å². The number of nitrogens with zero attached hydrogens (tertiary/aromatic N) is 2. The molecule has 0 saturated heterocycles. The number of Topliss-reactive ketones (excluding diaryl/α,β-unsaturated/α-hetero) is 1. The molecule has 6 nitrogen and oxygen atoms in total. The summed E-state index contributed by atoms with van der Waals surface area (Å²) in [7, 11) is 1.88. The van der Waals surface area contributed by atoms with E-state index >= 15 is 0 Å². The van der Waals surface area contributed by atoms with Crippen LogP contribution in [-0.2, 0) is 7.05 Å². The fourth-order valence-corrected chi connectivity index (χ4v) is 2.09. The third-order valence-corrected chi connectivity index (χ3v) is 3.50. The average molecular weight is 288 g/mol. The Morgan fingerprint density at radius 1 is 1.33 bits per heavy atom. The van der Waals surface area contributed by atoms with E-state index in [-0.39, 0.29) is 23.8 Å². The molecule has 0 unspecified atom stereocenters. The molecule has 0 aliphatic carbocycles. The number of ether oxygens (including phenoxy) is 1. The van der Waals surface area contributed by atoms with Crippen LogP contribution < -0.4 is 4.74 Å². The third kappa shape index (κ3) is 2.94. The molecule has 0 atom stereocenters. The topological polar surface area (TPSA) is 74.4 Å². The van der Waals surface area contributed by atoms with Gasteiger partial charge in [0.15, 0.2) is 12.4 Å². The maximum absolute atomic E-state index is 12.2. The summed E-state index contributed by atoms with van der Waals surface area (Å²) < 4.78 is 7.23. The van der Waals surface area contributed by atoms with Gasteiger partial charge in [-0.15, -0.1) is 0 Å². The van der Waals surface area contributed by atoms with Gasteiger partial charge >= 0.3 is 5.69 Å². The van der Waals surface area contributed by atoms with Crippen molar-refractivity contribution >= 4 is 11.5 Å². The van der Waals surface area contributed by atoms with E-state index in [0.29, 0.717) is 5.56 Å². The number of aromatic nitrogens is 1. The summed E-state index contributed by atoms with van der Waals surface area (Å²) in [5.41, 5.74) is 2.25. The number of aryl methyl sites for hydroxylation is 1. The Balaban J connectivity index is 2.15. The molecule has 0 bridgehead atoms. The lowest BCUT2D eigenvalue weighted by Gasteiger charge is -2.06. The Morgan fingerprint density at radius 3 is 2.57 bits per heavy atom. The van der Waals surface area contributed by atoms with E-state index in [1.165, 1.54) is 12.1 Å². The van der Waals surface area contributed by atoms with Gasteiger partial charge in [0.05, 0.1) is 4.92 Å². The average Bonchev–Trinajstić information content (AvgIpc) is 2.72. The zero-order chi connectivity index (χ0) is 15.6. The van der Waals surface area contributed by atoms with Crippen LogP contribution in [0.3, 0.4) is 0 Å². The molecule has 0 saturated carbocycles. The molecule has 0 amide bonds. The van der Waals surface area contributed by atoms with Gasteiger partial charge in [0.1, 0.15) is 0 Å². The normalized spacial score (nSPS) is 10.4. The van der Waals surface area contributed by atoms with Crippen LogP contribution in [0, 0.1) is 24.0 Å². The fraction of sp³-hybridized carbons (Fsp3) is 0.267. The van der Waals surface area contributed by atoms with Gasteiger partial charge in [0.2, 0.25) is 5.78 Å². The minimum atomic E-state index is -0.530. The molecular weight excluding hydrogens is 272 g/mol. The van der Waals surface area contributed by atoms with E-state index < -0.39 is 4.92 Å². The summed E-state index contributed by atoms with van der Waals surface area (Å²) in [5, 5.41) is 10.9. The zero-order valence-corrected chi connectivity index (χ0v) is 12.1. The Bertz CT molecular complexity index is 704. The third-order valence-electron chi connectivity index (χ3n) is 3.50. The van der Waals surface area contributed by atoms with Crippen LogP contribution in [0.1, 0.15) is 21.7 Å². The summed E-state index contributed by atoms with van der Waals surface area (Å²) in [6.45, 7) is 3.53.